The summed E-state index contributed by atoms with van der Waals surface area (Å²) in [6.45, 7) is 2.69. The van der Waals surface area contributed by atoms with E-state index in [4.69, 9.17) is 16.3 Å². The van der Waals surface area contributed by atoms with Crippen molar-refractivity contribution in [2.24, 2.45) is 0 Å². The summed E-state index contributed by atoms with van der Waals surface area (Å²) in [5, 5.41) is 3.43. The van der Waals surface area contributed by atoms with Gasteiger partial charge in [-0.1, -0.05) is 30.2 Å². The van der Waals surface area contributed by atoms with E-state index in [-0.39, 0.29) is 28.2 Å². The number of halogens is 1. The van der Waals surface area contributed by atoms with Crippen molar-refractivity contribution in [2.75, 3.05) is 13.7 Å². The third-order valence-electron chi connectivity index (χ3n) is 5.12. The number of carbonyl (C=O) groups excluding carboxylic acids is 1. The lowest BCUT2D eigenvalue weighted by Crippen LogP contribution is -2.42. The molecule has 6 nitrogen and oxygen atoms in total. The third kappa shape index (κ3) is 4.91. The lowest BCUT2D eigenvalue weighted by Gasteiger charge is -2.32. The van der Waals surface area contributed by atoms with Gasteiger partial charge < -0.3 is 10.1 Å². The van der Waals surface area contributed by atoms with Crippen molar-refractivity contribution < 1.29 is 17.9 Å². The van der Waals surface area contributed by atoms with Gasteiger partial charge in [0.25, 0.3) is 5.91 Å². The van der Waals surface area contributed by atoms with Gasteiger partial charge in [0, 0.05) is 29.7 Å². The van der Waals surface area contributed by atoms with Crippen molar-refractivity contribution >= 4 is 27.5 Å². The summed E-state index contributed by atoms with van der Waals surface area (Å²) in [7, 11) is -2.34. The van der Waals surface area contributed by atoms with Crippen molar-refractivity contribution in [1.29, 1.82) is 0 Å². The van der Waals surface area contributed by atoms with Crippen LogP contribution in [0.25, 0.3) is 0 Å². The van der Waals surface area contributed by atoms with Crippen molar-refractivity contribution in [1.82, 2.24) is 9.62 Å². The van der Waals surface area contributed by atoms with Gasteiger partial charge in [-0.2, -0.15) is 4.31 Å². The zero-order chi connectivity index (χ0) is 21.0. The number of rotatable bonds is 6. The van der Waals surface area contributed by atoms with Crippen LogP contribution in [0.4, 0.5) is 0 Å². The largest absolute Gasteiger partial charge is 0.495 e. The fourth-order valence-corrected chi connectivity index (χ4v) is 5.47. The van der Waals surface area contributed by atoms with Crippen LogP contribution in [0.15, 0.2) is 47.4 Å². The molecular formula is C21H25ClN2O4S. The van der Waals surface area contributed by atoms with E-state index in [1.807, 2.05) is 19.1 Å². The fourth-order valence-electron chi connectivity index (χ4n) is 3.46. The predicted molar refractivity (Wildman–Crippen MR) is 113 cm³/mol. The van der Waals surface area contributed by atoms with Gasteiger partial charge in [-0.3, -0.25) is 4.79 Å². The predicted octanol–water partition coefficient (Wildman–Crippen LogP) is 3.84. The Balaban J connectivity index is 1.84. The Morgan fingerprint density at radius 1 is 1.21 bits per heavy atom. The SMILES string of the molecule is COc1ccc(C(=O)NCc2ccc(Cl)cc2)cc1S(=O)(=O)N1CCCCC1C. The number of piperidine rings is 1. The third-order valence-corrected chi connectivity index (χ3v) is 7.41. The van der Waals surface area contributed by atoms with Crippen LogP contribution in [-0.4, -0.2) is 38.3 Å². The number of ether oxygens (including phenoxy) is 1. The molecule has 1 unspecified atom stereocenters. The van der Waals surface area contributed by atoms with Gasteiger partial charge in [0.05, 0.1) is 7.11 Å². The number of benzene rings is 2. The van der Waals surface area contributed by atoms with E-state index in [0.29, 0.717) is 18.1 Å². The first-order chi connectivity index (χ1) is 13.8. The van der Waals surface area contributed by atoms with Crippen LogP contribution < -0.4 is 10.1 Å². The minimum atomic E-state index is -3.77. The molecule has 29 heavy (non-hydrogen) atoms. The summed E-state index contributed by atoms with van der Waals surface area (Å²) in [4.78, 5) is 12.6. The molecule has 1 saturated heterocycles. The monoisotopic (exact) mass is 436 g/mol. The Hall–Kier alpha value is -2.09. The Morgan fingerprint density at radius 3 is 2.59 bits per heavy atom. The molecule has 0 radical (unpaired) electrons. The Kier molecular flexibility index (Phi) is 6.82. The molecule has 0 aliphatic carbocycles. The number of amides is 1. The van der Waals surface area contributed by atoms with E-state index in [1.54, 1.807) is 18.2 Å². The van der Waals surface area contributed by atoms with Crippen LogP contribution in [0.5, 0.6) is 5.75 Å². The molecule has 1 aliphatic heterocycles. The molecule has 1 N–H and O–H groups in total. The summed E-state index contributed by atoms with van der Waals surface area (Å²) in [5.74, 6) is -0.122. The topological polar surface area (TPSA) is 75.7 Å². The molecule has 0 saturated carbocycles. The van der Waals surface area contributed by atoms with Crippen molar-refractivity contribution in [3.05, 3.63) is 58.6 Å². The lowest BCUT2D eigenvalue weighted by molar-refractivity contribution is 0.0950. The highest BCUT2D eigenvalue weighted by Gasteiger charge is 2.33. The average Bonchev–Trinajstić information content (AvgIpc) is 2.72. The molecule has 1 fully saturated rings. The van der Waals surface area contributed by atoms with Crippen molar-refractivity contribution in [2.45, 2.75) is 43.7 Å². The highest BCUT2D eigenvalue weighted by Crippen LogP contribution is 2.31. The first-order valence-electron chi connectivity index (χ1n) is 9.55. The number of nitrogens with zero attached hydrogens (tertiary/aromatic N) is 1. The van der Waals surface area contributed by atoms with E-state index in [1.165, 1.54) is 23.5 Å². The first-order valence-corrected chi connectivity index (χ1v) is 11.4. The maximum Gasteiger partial charge on any atom is 0.251 e. The zero-order valence-electron chi connectivity index (χ0n) is 16.5. The first kappa shape index (κ1) is 21.6. The van der Waals surface area contributed by atoms with Gasteiger partial charge in [-0.15, -0.1) is 0 Å². The molecule has 1 aliphatic rings. The number of hydrogen-bond donors (Lipinski definition) is 1. The number of methoxy groups -OCH3 is 1. The van der Waals surface area contributed by atoms with Gasteiger partial charge in [0.2, 0.25) is 10.0 Å². The normalized spacial score (nSPS) is 17.7. The molecule has 0 spiro atoms. The summed E-state index contributed by atoms with van der Waals surface area (Å²) in [6.07, 6.45) is 2.66. The van der Waals surface area contributed by atoms with Crippen LogP contribution in [0.2, 0.25) is 5.02 Å². The Morgan fingerprint density at radius 2 is 1.93 bits per heavy atom. The van der Waals surface area contributed by atoms with Crippen LogP contribution in [0, 0.1) is 0 Å². The number of hydrogen-bond acceptors (Lipinski definition) is 4. The molecule has 0 aromatic heterocycles. The number of carbonyl (C=O) groups is 1. The summed E-state index contributed by atoms with van der Waals surface area (Å²) in [6, 6.07) is 11.6. The van der Waals surface area contributed by atoms with Gasteiger partial charge in [-0.05, 0) is 55.7 Å². The molecule has 156 valence electrons. The molecule has 8 heteroatoms. The van der Waals surface area contributed by atoms with E-state index in [2.05, 4.69) is 5.32 Å². The number of nitrogens with one attached hydrogen (secondary N) is 1. The molecule has 1 heterocycles. The van der Waals surface area contributed by atoms with Gasteiger partial charge in [-0.25, -0.2) is 8.42 Å². The van der Waals surface area contributed by atoms with Gasteiger partial charge >= 0.3 is 0 Å². The second kappa shape index (κ2) is 9.15. The van der Waals surface area contributed by atoms with Gasteiger partial charge in [0.15, 0.2) is 0 Å². The second-order valence-electron chi connectivity index (χ2n) is 7.14. The second-order valence-corrected chi connectivity index (χ2v) is 9.43. The minimum Gasteiger partial charge on any atom is -0.495 e. The summed E-state index contributed by atoms with van der Waals surface area (Å²) >= 11 is 5.87. The van der Waals surface area contributed by atoms with Crippen molar-refractivity contribution in [3.63, 3.8) is 0 Å². The quantitative estimate of drug-likeness (QED) is 0.746. The average molecular weight is 437 g/mol. The molecular weight excluding hydrogens is 412 g/mol. The van der Waals surface area contributed by atoms with Crippen LogP contribution >= 0.6 is 11.6 Å². The maximum atomic E-state index is 13.3. The Bertz CT molecular complexity index is 977. The minimum absolute atomic E-state index is 0.0212. The molecule has 2 aromatic carbocycles. The molecule has 1 amide bonds. The van der Waals surface area contributed by atoms with Crippen LogP contribution in [0.1, 0.15) is 42.1 Å². The fraction of sp³-hybridized carbons (Fsp3) is 0.381. The molecule has 2 aromatic rings. The van der Waals surface area contributed by atoms with Crippen LogP contribution in [-0.2, 0) is 16.6 Å². The van der Waals surface area contributed by atoms with E-state index < -0.39 is 10.0 Å². The number of sulfonamides is 1. The van der Waals surface area contributed by atoms with E-state index in [9.17, 15) is 13.2 Å². The standard InChI is InChI=1S/C21H25ClN2O4S/c1-15-5-3-4-12-24(15)29(26,27)20-13-17(8-11-19(20)28-2)21(25)23-14-16-6-9-18(22)10-7-16/h6-11,13,15H,3-5,12,14H2,1-2H3,(H,23,25). The molecule has 3 rings (SSSR count). The Labute approximate surface area is 176 Å². The van der Waals surface area contributed by atoms with E-state index in [0.717, 1.165) is 24.8 Å². The van der Waals surface area contributed by atoms with Crippen LogP contribution in [0.3, 0.4) is 0 Å². The lowest BCUT2D eigenvalue weighted by atomic mass is 10.1. The molecule has 0 bridgehead atoms. The maximum absolute atomic E-state index is 13.3. The van der Waals surface area contributed by atoms with Crippen molar-refractivity contribution in [3.8, 4) is 5.75 Å². The smallest absolute Gasteiger partial charge is 0.251 e. The zero-order valence-corrected chi connectivity index (χ0v) is 18.1. The summed E-state index contributed by atoms with van der Waals surface area (Å²) in [5.41, 5.74) is 1.16. The molecule has 1 atom stereocenters. The summed E-state index contributed by atoms with van der Waals surface area (Å²) < 4.78 is 33.3. The highest BCUT2D eigenvalue weighted by molar-refractivity contribution is 7.89. The van der Waals surface area contributed by atoms with E-state index >= 15 is 0 Å². The van der Waals surface area contributed by atoms with Gasteiger partial charge in [0.1, 0.15) is 10.6 Å². The highest BCUT2D eigenvalue weighted by atomic mass is 35.5.